The second-order valence-electron chi connectivity index (χ2n) is 7.17. The van der Waals surface area contributed by atoms with Gasteiger partial charge < -0.3 is 18.9 Å². The van der Waals surface area contributed by atoms with Gasteiger partial charge in [-0.3, -0.25) is 0 Å². The standard InChI is InChI=1S/C22H38O4/c1-3-7-11-21(12-8-4-1)25-19-17-23-15-16-24-18-20-26-22-13-9-5-2-6-10-14-22/h1-3,5,21-22H,4,6-20H2/b3-1-,5-2-. The highest BCUT2D eigenvalue weighted by Gasteiger charge is 2.10. The fraction of sp³-hybridized carbons (Fsp3) is 0.818. The van der Waals surface area contributed by atoms with Crippen LogP contribution in [-0.2, 0) is 18.9 Å². The molecule has 0 N–H and O–H groups in total. The van der Waals surface area contributed by atoms with Gasteiger partial charge in [0.2, 0.25) is 0 Å². The molecule has 26 heavy (non-hydrogen) atoms. The number of ether oxygens (including phenoxy) is 4. The number of hydrogen-bond acceptors (Lipinski definition) is 4. The van der Waals surface area contributed by atoms with Gasteiger partial charge in [-0.1, -0.05) is 24.3 Å². The van der Waals surface area contributed by atoms with Crippen molar-refractivity contribution in [2.75, 3.05) is 39.6 Å². The van der Waals surface area contributed by atoms with E-state index in [4.69, 9.17) is 18.9 Å². The molecule has 0 aromatic carbocycles. The molecule has 2 rings (SSSR count). The van der Waals surface area contributed by atoms with E-state index in [9.17, 15) is 0 Å². The van der Waals surface area contributed by atoms with E-state index in [0.717, 1.165) is 25.7 Å². The molecule has 0 heterocycles. The Morgan fingerprint density at radius 3 is 1.42 bits per heavy atom. The van der Waals surface area contributed by atoms with Crippen molar-refractivity contribution in [3.8, 4) is 0 Å². The average molecular weight is 367 g/mol. The summed E-state index contributed by atoms with van der Waals surface area (Å²) in [5.41, 5.74) is 0. The maximum absolute atomic E-state index is 5.93. The largest absolute Gasteiger partial charge is 0.377 e. The average Bonchev–Trinajstić information content (AvgIpc) is 2.59. The van der Waals surface area contributed by atoms with Crippen molar-refractivity contribution in [3.05, 3.63) is 24.3 Å². The Kier molecular flexibility index (Phi) is 12.8. The second-order valence-corrected chi connectivity index (χ2v) is 7.17. The van der Waals surface area contributed by atoms with Crippen molar-refractivity contribution in [1.82, 2.24) is 0 Å². The van der Waals surface area contributed by atoms with Gasteiger partial charge in [0, 0.05) is 0 Å². The van der Waals surface area contributed by atoms with Gasteiger partial charge in [-0.2, -0.15) is 0 Å². The van der Waals surface area contributed by atoms with Crippen LogP contribution in [0.5, 0.6) is 0 Å². The summed E-state index contributed by atoms with van der Waals surface area (Å²) in [6.45, 7) is 3.95. The maximum Gasteiger partial charge on any atom is 0.0704 e. The van der Waals surface area contributed by atoms with Gasteiger partial charge in [0.25, 0.3) is 0 Å². The number of rotatable bonds is 11. The van der Waals surface area contributed by atoms with Crippen LogP contribution in [0.4, 0.5) is 0 Å². The Morgan fingerprint density at radius 1 is 0.500 bits per heavy atom. The Balaban J connectivity index is 1.34. The third-order valence-corrected chi connectivity index (χ3v) is 4.97. The Labute approximate surface area is 159 Å². The monoisotopic (exact) mass is 366 g/mol. The molecule has 0 fully saturated rings. The van der Waals surface area contributed by atoms with E-state index in [1.165, 1.54) is 38.5 Å². The predicted octanol–water partition coefficient (Wildman–Crippen LogP) is 4.83. The van der Waals surface area contributed by atoms with Gasteiger partial charge in [-0.25, -0.2) is 0 Å². The van der Waals surface area contributed by atoms with Crippen LogP contribution in [0.2, 0.25) is 0 Å². The maximum atomic E-state index is 5.93. The van der Waals surface area contributed by atoms with E-state index in [1.807, 2.05) is 0 Å². The quantitative estimate of drug-likeness (QED) is 0.388. The fourth-order valence-corrected chi connectivity index (χ4v) is 3.45. The zero-order chi connectivity index (χ0) is 18.1. The number of hydrogen-bond donors (Lipinski definition) is 0. The summed E-state index contributed by atoms with van der Waals surface area (Å²) < 4.78 is 23.0. The van der Waals surface area contributed by atoms with Crippen LogP contribution in [-0.4, -0.2) is 51.8 Å². The van der Waals surface area contributed by atoms with Gasteiger partial charge in [0.1, 0.15) is 0 Å². The minimum atomic E-state index is 0.403. The summed E-state index contributed by atoms with van der Waals surface area (Å²) in [7, 11) is 0. The van der Waals surface area contributed by atoms with Crippen molar-refractivity contribution in [2.45, 2.75) is 76.4 Å². The van der Waals surface area contributed by atoms with E-state index in [2.05, 4.69) is 24.3 Å². The van der Waals surface area contributed by atoms with Crippen LogP contribution in [0.15, 0.2) is 24.3 Å². The topological polar surface area (TPSA) is 36.9 Å². The molecule has 0 spiro atoms. The lowest BCUT2D eigenvalue weighted by Gasteiger charge is -2.19. The van der Waals surface area contributed by atoms with E-state index in [-0.39, 0.29) is 0 Å². The van der Waals surface area contributed by atoms with Crippen LogP contribution >= 0.6 is 0 Å². The lowest BCUT2D eigenvalue weighted by molar-refractivity contribution is -0.0323. The molecule has 2 atom stereocenters. The molecule has 0 aromatic heterocycles. The van der Waals surface area contributed by atoms with Crippen LogP contribution < -0.4 is 0 Å². The zero-order valence-electron chi connectivity index (χ0n) is 16.4. The van der Waals surface area contributed by atoms with Gasteiger partial charge >= 0.3 is 0 Å². The molecule has 150 valence electrons. The van der Waals surface area contributed by atoms with E-state index >= 15 is 0 Å². The molecule has 2 aliphatic carbocycles. The van der Waals surface area contributed by atoms with Crippen LogP contribution in [0.25, 0.3) is 0 Å². The third kappa shape index (κ3) is 11.1. The first-order chi connectivity index (χ1) is 12.9. The number of allylic oxidation sites excluding steroid dienone is 4. The summed E-state index contributed by atoms with van der Waals surface area (Å²) in [6, 6.07) is 0. The smallest absolute Gasteiger partial charge is 0.0704 e. The van der Waals surface area contributed by atoms with Crippen molar-refractivity contribution in [2.24, 2.45) is 0 Å². The summed E-state index contributed by atoms with van der Waals surface area (Å²) in [4.78, 5) is 0. The van der Waals surface area contributed by atoms with E-state index in [1.54, 1.807) is 0 Å². The first-order valence-corrected chi connectivity index (χ1v) is 10.6. The van der Waals surface area contributed by atoms with Gasteiger partial charge in [-0.15, -0.1) is 0 Å². The highest BCUT2D eigenvalue weighted by Crippen LogP contribution is 2.16. The Morgan fingerprint density at radius 2 is 0.923 bits per heavy atom. The summed E-state index contributed by atoms with van der Waals surface area (Å²) >= 11 is 0. The highest BCUT2D eigenvalue weighted by atomic mass is 16.6. The molecule has 0 amide bonds. The Hall–Kier alpha value is -0.680. The summed E-state index contributed by atoms with van der Waals surface area (Å²) in [6.07, 6.45) is 21.7. The lowest BCUT2D eigenvalue weighted by Crippen LogP contribution is -2.19. The summed E-state index contributed by atoms with van der Waals surface area (Å²) in [5, 5.41) is 0. The minimum absolute atomic E-state index is 0.403. The van der Waals surface area contributed by atoms with E-state index < -0.39 is 0 Å². The van der Waals surface area contributed by atoms with Crippen LogP contribution in [0.1, 0.15) is 64.2 Å². The van der Waals surface area contributed by atoms with Gasteiger partial charge in [0.15, 0.2) is 0 Å². The highest BCUT2D eigenvalue weighted by molar-refractivity contribution is 4.86. The molecule has 0 radical (unpaired) electrons. The second kappa shape index (κ2) is 15.4. The molecule has 0 aliphatic heterocycles. The molecule has 0 saturated heterocycles. The predicted molar refractivity (Wildman–Crippen MR) is 106 cm³/mol. The molecule has 2 aliphatic rings. The molecule has 4 nitrogen and oxygen atoms in total. The third-order valence-electron chi connectivity index (χ3n) is 4.97. The molecule has 4 heteroatoms. The van der Waals surface area contributed by atoms with E-state index in [0.29, 0.717) is 51.8 Å². The van der Waals surface area contributed by atoms with Crippen LogP contribution in [0, 0.1) is 0 Å². The first kappa shape index (κ1) is 21.6. The zero-order valence-corrected chi connectivity index (χ0v) is 16.4. The lowest BCUT2D eigenvalue weighted by atomic mass is 10.0. The SMILES string of the molecule is C1=C\CCC(OCCOCCOCCOC2CC/C=C\CCC2)CCC/1. The summed E-state index contributed by atoms with van der Waals surface area (Å²) in [5.74, 6) is 0. The van der Waals surface area contributed by atoms with Gasteiger partial charge in [0.05, 0.1) is 51.8 Å². The minimum Gasteiger partial charge on any atom is -0.377 e. The van der Waals surface area contributed by atoms with Crippen LogP contribution in [0.3, 0.4) is 0 Å². The van der Waals surface area contributed by atoms with Crippen molar-refractivity contribution >= 4 is 0 Å². The Bertz CT molecular complexity index is 344. The van der Waals surface area contributed by atoms with Gasteiger partial charge in [-0.05, 0) is 64.2 Å². The molecule has 0 saturated carbocycles. The van der Waals surface area contributed by atoms with Crippen molar-refractivity contribution in [1.29, 1.82) is 0 Å². The van der Waals surface area contributed by atoms with Crippen molar-refractivity contribution < 1.29 is 18.9 Å². The fourth-order valence-electron chi connectivity index (χ4n) is 3.45. The van der Waals surface area contributed by atoms with Crippen molar-refractivity contribution in [3.63, 3.8) is 0 Å². The molecular weight excluding hydrogens is 328 g/mol. The normalized spacial score (nSPS) is 27.1. The molecule has 2 unspecified atom stereocenters. The molecule has 0 bridgehead atoms. The molecule has 0 aromatic rings. The first-order valence-electron chi connectivity index (χ1n) is 10.6. The molecular formula is C22H38O4.